The van der Waals surface area contributed by atoms with Gasteiger partial charge in [0.25, 0.3) is 5.69 Å². The van der Waals surface area contributed by atoms with Crippen LogP contribution >= 0.6 is 0 Å². The van der Waals surface area contributed by atoms with Gasteiger partial charge in [0.15, 0.2) is 5.78 Å². The highest BCUT2D eigenvalue weighted by atomic mass is 16.6. The molecule has 0 unspecified atom stereocenters. The Labute approximate surface area is 195 Å². The molecule has 2 aromatic rings. The molecule has 4 atom stereocenters. The fraction of sp³-hybridized carbons (Fsp3) is 0.320. The Morgan fingerprint density at radius 2 is 1.74 bits per heavy atom. The van der Waals surface area contributed by atoms with Crippen LogP contribution < -0.4 is 4.90 Å². The molecular formula is C25H23N3O6. The third-order valence-electron chi connectivity index (χ3n) is 7.00. The molecule has 9 heteroatoms. The van der Waals surface area contributed by atoms with Crippen LogP contribution in [0.3, 0.4) is 0 Å². The van der Waals surface area contributed by atoms with Gasteiger partial charge in [-0.2, -0.15) is 0 Å². The molecule has 2 saturated heterocycles. The third-order valence-corrected chi connectivity index (χ3v) is 7.00. The Morgan fingerprint density at radius 3 is 2.41 bits per heavy atom. The molecule has 0 bridgehead atoms. The van der Waals surface area contributed by atoms with Crippen molar-refractivity contribution in [1.82, 2.24) is 4.90 Å². The molecule has 3 aliphatic heterocycles. The lowest BCUT2D eigenvalue weighted by Crippen LogP contribution is -2.49. The summed E-state index contributed by atoms with van der Waals surface area (Å²) >= 11 is 0. The van der Waals surface area contributed by atoms with Gasteiger partial charge in [0.2, 0.25) is 11.8 Å². The van der Waals surface area contributed by atoms with Crippen LogP contribution in [0.2, 0.25) is 0 Å². The number of rotatable bonds is 6. The average molecular weight is 461 g/mol. The number of carbonyl (C=O) groups excluding carboxylic acids is 3. The number of nitro groups is 1. The SMILES string of the molecule is COCCN1C(=O)[C@H]2[C@H](C1=O)[C@H](C(=O)c1ccc([N+](=O)[O-])cc1)N1c3ccccc3C(C)=C[C@H]21. The number of ether oxygens (including phenoxy) is 1. The molecule has 0 aromatic heterocycles. The van der Waals surface area contributed by atoms with Crippen molar-refractivity contribution in [2.45, 2.75) is 19.0 Å². The maximum Gasteiger partial charge on any atom is 0.269 e. The van der Waals surface area contributed by atoms with Crippen LogP contribution in [-0.4, -0.2) is 59.8 Å². The molecule has 174 valence electrons. The average Bonchev–Trinajstić information content (AvgIpc) is 3.30. The molecule has 2 aromatic carbocycles. The number of ketones is 1. The zero-order chi connectivity index (χ0) is 24.1. The van der Waals surface area contributed by atoms with Gasteiger partial charge in [-0.3, -0.25) is 29.4 Å². The number of imide groups is 1. The van der Waals surface area contributed by atoms with Crippen molar-refractivity contribution in [3.63, 3.8) is 0 Å². The van der Waals surface area contributed by atoms with Gasteiger partial charge < -0.3 is 9.64 Å². The number of carbonyl (C=O) groups is 3. The summed E-state index contributed by atoms with van der Waals surface area (Å²) in [4.78, 5) is 54.4. The maximum absolute atomic E-state index is 13.9. The van der Waals surface area contributed by atoms with E-state index in [1.165, 1.54) is 36.3 Å². The molecule has 2 fully saturated rings. The van der Waals surface area contributed by atoms with E-state index >= 15 is 0 Å². The van der Waals surface area contributed by atoms with Gasteiger partial charge in [-0.05, 0) is 30.7 Å². The highest BCUT2D eigenvalue weighted by Gasteiger charge is 2.64. The van der Waals surface area contributed by atoms with Crippen molar-refractivity contribution in [2.24, 2.45) is 11.8 Å². The smallest absolute Gasteiger partial charge is 0.269 e. The molecule has 0 saturated carbocycles. The molecule has 9 nitrogen and oxygen atoms in total. The summed E-state index contributed by atoms with van der Waals surface area (Å²) in [7, 11) is 1.50. The zero-order valence-corrected chi connectivity index (χ0v) is 18.7. The highest BCUT2D eigenvalue weighted by Crippen LogP contribution is 2.50. The van der Waals surface area contributed by atoms with Gasteiger partial charge in [-0.25, -0.2) is 0 Å². The van der Waals surface area contributed by atoms with Crippen LogP contribution in [0.25, 0.3) is 5.57 Å². The third kappa shape index (κ3) is 3.15. The van der Waals surface area contributed by atoms with E-state index in [1.54, 1.807) is 0 Å². The van der Waals surface area contributed by atoms with Crippen molar-refractivity contribution >= 4 is 34.5 Å². The van der Waals surface area contributed by atoms with Gasteiger partial charge in [0, 0.05) is 36.1 Å². The predicted molar refractivity (Wildman–Crippen MR) is 123 cm³/mol. The molecule has 34 heavy (non-hydrogen) atoms. The first-order valence-electron chi connectivity index (χ1n) is 11.0. The van der Waals surface area contributed by atoms with Crippen LogP contribution in [0.4, 0.5) is 11.4 Å². The first kappa shape index (κ1) is 22.0. The largest absolute Gasteiger partial charge is 0.383 e. The van der Waals surface area contributed by atoms with Crippen LogP contribution in [-0.2, 0) is 14.3 Å². The Kier molecular flexibility index (Phi) is 5.28. The number of allylic oxidation sites excluding steroid dienone is 1. The summed E-state index contributed by atoms with van der Waals surface area (Å²) < 4.78 is 5.08. The van der Waals surface area contributed by atoms with E-state index < -0.39 is 28.8 Å². The Hall–Kier alpha value is -3.85. The van der Waals surface area contributed by atoms with Gasteiger partial charge in [0.1, 0.15) is 6.04 Å². The van der Waals surface area contributed by atoms with E-state index in [9.17, 15) is 24.5 Å². The summed E-state index contributed by atoms with van der Waals surface area (Å²) in [5.74, 6) is -2.58. The van der Waals surface area contributed by atoms with Crippen molar-refractivity contribution in [3.8, 4) is 0 Å². The molecule has 5 rings (SSSR count). The van der Waals surface area contributed by atoms with Crippen LogP contribution in [0, 0.1) is 22.0 Å². The fourth-order valence-electron chi connectivity index (χ4n) is 5.48. The lowest BCUT2D eigenvalue weighted by atomic mass is 9.85. The summed E-state index contributed by atoms with van der Waals surface area (Å²) in [6.45, 7) is 2.30. The second-order valence-electron chi connectivity index (χ2n) is 8.75. The number of nitrogens with zero attached hydrogens (tertiary/aromatic N) is 3. The molecule has 0 aliphatic carbocycles. The van der Waals surface area contributed by atoms with Gasteiger partial charge in [-0.15, -0.1) is 0 Å². The molecule has 3 heterocycles. The number of hydrogen-bond acceptors (Lipinski definition) is 7. The second-order valence-corrected chi connectivity index (χ2v) is 8.75. The van der Waals surface area contributed by atoms with Gasteiger partial charge in [0.05, 0.1) is 36.0 Å². The number of Topliss-reactive ketones (excluding diaryl/α,β-unsaturated/α-hetero) is 1. The normalized spacial score (nSPS) is 25.1. The van der Waals surface area contributed by atoms with Crippen LogP contribution in [0.5, 0.6) is 0 Å². The van der Waals surface area contributed by atoms with Crippen LogP contribution in [0.1, 0.15) is 22.8 Å². The van der Waals surface area contributed by atoms with E-state index in [0.29, 0.717) is 0 Å². The molecule has 0 radical (unpaired) electrons. The number of fused-ring (bicyclic) bond motifs is 5. The predicted octanol–water partition coefficient (Wildman–Crippen LogP) is 2.70. The highest BCUT2D eigenvalue weighted by molar-refractivity contribution is 6.14. The number of amides is 2. The number of para-hydroxylation sites is 1. The second kappa shape index (κ2) is 8.18. The molecule has 0 N–H and O–H groups in total. The Balaban J connectivity index is 1.62. The van der Waals surface area contributed by atoms with E-state index in [1.807, 2.05) is 42.2 Å². The zero-order valence-electron chi connectivity index (χ0n) is 18.7. The van der Waals surface area contributed by atoms with Crippen molar-refractivity contribution in [3.05, 3.63) is 75.8 Å². The van der Waals surface area contributed by atoms with E-state index in [0.717, 1.165) is 16.8 Å². The number of methoxy groups -OCH3 is 1. The summed E-state index contributed by atoms with van der Waals surface area (Å²) in [6, 6.07) is 11.6. The fourth-order valence-corrected chi connectivity index (χ4v) is 5.48. The molecular weight excluding hydrogens is 438 g/mol. The number of likely N-dealkylation sites (tertiary alicyclic amines) is 1. The number of hydrogen-bond donors (Lipinski definition) is 0. The standard InChI is InChI=1S/C25H23N3O6/c1-14-13-19-20-21(25(31)26(24(20)30)11-12-34-2)22(27(19)18-6-4-3-5-17(14)18)23(29)15-7-9-16(10-8-15)28(32)33/h3-10,13,19-22H,11-12H2,1-2H3/t19-,20-,21+,22-/m1/s1. The summed E-state index contributed by atoms with van der Waals surface area (Å²) in [6.07, 6.45) is 1.97. The number of non-ortho nitro benzene ring substituents is 1. The van der Waals surface area contributed by atoms with Gasteiger partial charge in [-0.1, -0.05) is 24.3 Å². The van der Waals surface area contributed by atoms with E-state index in [2.05, 4.69) is 0 Å². The molecule has 0 spiro atoms. The number of anilines is 1. The minimum atomic E-state index is -0.911. The number of benzene rings is 2. The first-order valence-corrected chi connectivity index (χ1v) is 11.0. The van der Waals surface area contributed by atoms with Crippen molar-refractivity contribution in [1.29, 1.82) is 0 Å². The number of nitro benzene ring substituents is 1. The Bertz CT molecular complexity index is 1240. The van der Waals surface area contributed by atoms with Crippen molar-refractivity contribution < 1.29 is 24.0 Å². The van der Waals surface area contributed by atoms with Crippen LogP contribution in [0.15, 0.2) is 54.6 Å². The van der Waals surface area contributed by atoms with Gasteiger partial charge >= 0.3 is 0 Å². The van der Waals surface area contributed by atoms with Crippen molar-refractivity contribution in [2.75, 3.05) is 25.2 Å². The first-order chi connectivity index (χ1) is 16.3. The summed E-state index contributed by atoms with van der Waals surface area (Å²) in [5.41, 5.74) is 2.85. The minimum absolute atomic E-state index is 0.126. The van der Waals surface area contributed by atoms with E-state index in [-0.39, 0.29) is 42.0 Å². The summed E-state index contributed by atoms with van der Waals surface area (Å²) in [5, 5.41) is 11.1. The topological polar surface area (TPSA) is 110 Å². The maximum atomic E-state index is 13.9. The quantitative estimate of drug-likeness (QED) is 0.282. The molecule has 3 aliphatic rings. The minimum Gasteiger partial charge on any atom is -0.383 e. The van der Waals surface area contributed by atoms with E-state index in [4.69, 9.17) is 4.74 Å². The lowest BCUT2D eigenvalue weighted by Gasteiger charge is -2.38. The monoisotopic (exact) mass is 461 g/mol. The molecule has 2 amide bonds. The Morgan fingerprint density at radius 1 is 1.06 bits per heavy atom. The lowest BCUT2D eigenvalue weighted by molar-refractivity contribution is -0.384.